The summed E-state index contributed by atoms with van der Waals surface area (Å²) in [4.78, 5) is 10.2. The maximum absolute atomic E-state index is 4.56. The minimum absolute atomic E-state index is 0.805. The van der Waals surface area contributed by atoms with Gasteiger partial charge in [-0.05, 0) is 26.0 Å². The second-order valence-corrected chi connectivity index (χ2v) is 5.40. The first kappa shape index (κ1) is 10.5. The number of fused-ring (bicyclic) bond motifs is 1. The van der Waals surface area contributed by atoms with E-state index in [0.717, 1.165) is 28.3 Å². The molecule has 0 saturated heterocycles. The standard InChI is InChI=1S/C13H13N3S/c1-9-10(2)17-13(15-9)7-16-8-14-11-5-3-4-6-12(11)16/h3-6,8H,7H2,1-2H3. The van der Waals surface area contributed by atoms with Crippen LogP contribution in [0.5, 0.6) is 0 Å². The van der Waals surface area contributed by atoms with Crippen LogP contribution >= 0.6 is 11.3 Å². The third-order valence-electron chi connectivity index (χ3n) is 2.91. The van der Waals surface area contributed by atoms with Gasteiger partial charge >= 0.3 is 0 Å². The van der Waals surface area contributed by atoms with Crippen molar-refractivity contribution in [1.82, 2.24) is 14.5 Å². The van der Waals surface area contributed by atoms with Gasteiger partial charge in [0.15, 0.2) is 0 Å². The van der Waals surface area contributed by atoms with E-state index in [2.05, 4.69) is 34.4 Å². The quantitative estimate of drug-likeness (QED) is 0.692. The van der Waals surface area contributed by atoms with Crippen LogP contribution in [0.4, 0.5) is 0 Å². The Morgan fingerprint density at radius 2 is 2.06 bits per heavy atom. The molecule has 3 nitrogen and oxygen atoms in total. The van der Waals surface area contributed by atoms with Gasteiger partial charge < -0.3 is 4.57 Å². The molecule has 2 heterocycles. The van der Waals surface area contributed by atoms with Crippen molar-refractivity contribution in [2.75, 3.05) is 0 Å². The van der Waals surface area contributed by atoms with Crippen molar-refractivity contribution < 1.29 is 0 Å². The minimum Gasteiger partial charge on any atom is -0.324 e. The van der Waals surface area contributed by atoms with Gasteiger partial charge in [-0.25, -0.2) is 9.97 Å². The van der Waals surface area contributed by atoms with Gasteiger partial charge in [-0.1, -0.05) is 12.1 Å². The molecule has 0 aliphatic rings. The molecule has 0 spiro atoms. The van der Waals surface area contributed by atoms with Crippen LogP contribution in [0.3, 0.4) is 0 Å². The van der Waals surface area contributed by atoms with Gasteiger partial charge in [-0.15, -0.1) is 11.3 Å². The summed E-state index contributed by atoms with van der Waals surface area (Å²) in [5.41, 5.74) is 3.34. The van der Waals surface area contributed by atoms with Crippen LogP contribution in [-0.2, 0) is 6.54 Å². The average molecular weight is 243 g/mol. The van der Waals surface area contributed by atoms with E-state index in [9.17, 15) is 0 Å². The van der Waals surface area contributed by atoms with Gasteiger partial charge in [0.05, 0.1) is 29.6 Å². The third kappa shape index (κ3) is 1.85. The van der Waals surface area contributed by atoms with E-state index >= 15 is 0 Å². The predicted molar refractivity (Wildman–Crippen MR) is 70.4 cm³/mol. The Balaban J connectivity index is 2.00. The molecule has 3 rings (SSSR count). The highest BCUT2D eigenvalue weighted by atomic mass is 32.1. The third-order valence-corrected chi connectivity index (χ3v) is 3.96. The highest BCUT2D eigenvalue weighted by molar-refractivity contribution is 7.11. The molecule has 0 aliphatic heterocycles. The first-order valence-electron chi connectivity index (χ1n) is 5.57. The lowest BCUT2D eigenvalue weighted by Crippen LogP contribution is -1.97. The minimum atomic E-state index is 0.805. The fourth-order valence-corrected chi connectivity index (χ4v) is 2.82. The number of aromatic nitrogens is 3. The van der Waals surface area contributed by atoms with E-state index in [1.54, 1.807) is 11.3 Å². The first-order valence-corrected chi connectivity index (χ1v) is 6.38. The van der Waals surface area contributed by atoms with Crippen molar-refractivity contribution in [3.8, 4) is 0 Å². The summed E-state index contributed by atoms with van der Waals surface area (Å²) >= 11 is 1.76. The fraction of sp³-hybridized carbons (Fsp3) is 0.231. The van der Waals surface area contributed by atoms with Gasteiger partial charge in [0.25, 0.3) is 0 Å². The maximum atomic E-state index is 4.56. The lowest BCUT2D eigenvalue weighted by atomic mass is 10.3. The Hall–Kier alpha value is -1.68. The SMILES string of the molecule is Cc1nc(Cn2cnc3ccccc32)sc1C. The summed E-state index contributed by atoms with van der Waals surface area (Å²) in [5, 5.41) is 1.14. The van der Waals surface area contributed by atoms with E-state index in [4.69, 9.17) is 0 Å². The number of hydrogen-bond acceptors (Lipinski definition) is 3. The van der Waals surface area contributed by atoms with E-state index in [1.807, 2.05) is 24.5 Å². The predicted octanol–water partition coefficient (Wildman–Crippen LogP) is 3.16. The second-order valence-electron chi connectivity index (χ2n) is 4.11. The number of imidazole rings is 1. The van der Waals surface area contributed by atoms with Crippen LogP contribution in [0.15, 0.2) is 30.6 Å². The molecular formula is C13H13N3S. The van der Waals surface area contributed by atoms with Crippen LogP contribution in [-0.4, -0.2) is 14.5 Å². The van der Waals surface area contributed by atoms with E-state index in [1.165, 1.54) is 4.88 Å². The van der Waals surface area contributed by atoms with Crippen molar-refractivity contribution in [2.45, 2.75) is 20.4 Å². The molecule has 0 N–H and O–H groups in total. The second kappa shape index (κ2) is 3.96. The average Bonchev–Trinajstić information content (AvgIpc) is 2.85. The highest BCUT2D eigenvalue weighted by Gasteiger charge is 2.06. The molecule has 0 amide bonds. The lowest BCUT2D eigenvalue weighted by Gasteiger charge is -2.00. The van der Waals surface area contributed by atoms with Gasteiger partial charge in [0.1, 0.15) is 5.01 Å². The van der Waals surface area contributed by atoms with Gasteiger partial charge in [0, 0.05) is 4.88 Å². The molecule has 17 heavy (non-hydrogen) atoms. The number of aryl methyl sites for hydroxylation is 2. The van der Waals surface area contributed by atoms with Gasteiger partial charge in [-0.3, -0.25) is 0 Å². The zero-order chi connectivity index (χ0) is 11.8. The Bertz CT molecular complexity index is 647. The van der Waals surface area contributed by atoms with Crippen molar-refractivity contribution in [3.05, 3.63) is 46.2 Å². The number of thiazole rings is 1. The normalized spacial score (nSPS) is 11.2. The Kier molecular flexibility index (Phi) is 2.44. The van der Waals surface area contributed by atoms with Crippen LogP contribution in [0.25, 0.3) is 11.0 Å². The monoisotopic (exact) mass is 243 g/mol. The number of para-hydroxylation sites is 2. The largest absolute Gasteiger partial charge is 0.324 e. The molecule has 4 heteroatoms. The molecule has 0 fully saturated rings. The highest BCUT2D eigenvalue weighted by Crippen LogP contribution is 2.19. The number of rotatable bonds is 2. The number of benzene rings is 1. The topological polar surface area (TPSA) is 30.7 Å². The van der Waals surface area contributed by atoms with Crippen LogP contribution in [0.1, 0.15) is 15.6 Å². The van der Waals surface area contributed by atoms with E-state index < -0.39 is 0 Å². The number of hydrogen-bond donors (Lipinski definition) is 0. The summed E-state index contributed by atoms with van der Waals surface area (Å²) in [6, 6.07) is 8.18. The molecule has 0 saturated carbocycles. The lowest BCUT2D eigenvalue weighted by molar-refractivity contribution is 0.813. The van der Waals surface area contributed by atoms with Gasteiger partial charge in [0.2, 0.25) is 0 Å². The van der Waals surface area contributed by atoms with Crippen molar-refractivity contribution >= 4 is 22.4 Å². The smallest absolute Gasteiger partial charge is 0.113 e. The molecule has 0 unspecified atom stereocenters. The van der Waals surface area contributed by atoms with Crippen LogP contribution in [0, 0.1) is 13.8 Å². The van der Waals surface area contributed by atoms with Crippen molar-refractivity contribution in [1.29, 1.82) is 0 Å². The van der Waals surface area contributed by atoms with Gasteiger partial charge in [-0.2, -0.15) is 0 Å². The molecule has 0 radical (unpaired) electrons. The Labute approximate surface area is 104 Å². The van der Waals surface area contributed by atoms with E-state index in [0.29, 0.717) is 0 Å². The molecule has 3 aromatic rings. The zero-order valence-corrected chi connectivity index (χ0v) is 10.7. The molecule has 0 aliphatic carbocycles. The summed E-state index contributed by atoms with van der Waals surface area (Å²) in [6.07, 6.45) is 1.89. The summed E-state index contributed by atoms with van der Waals surface area (Å²) in [7, 11) is 0. The van der Waals surface area contributed by atoms with Crippen LogP contribution < -0.4 is 0 Å². The van der Waals surface area contributed by atoms with Crippen molar-refractivity contribution in [2.24, 2.45) is 0 Å². The summed E-state index contributed by atoms with van der Waals surface area (Å²) in [5.74, 6) is 0. The fourth-order valence-electron chi connectivity index (χ4n) is 1.89. The summed E-state index contributed by atoms with van der Waals surface area (Å²) in [6.45, 7) is 4.98. The number of nitrogens with zero attached hydrogens (tertiary/aromatic N) is 3. The molecule has 0 bridgehead atoms. The van der Waals surface area contributed by atoms with Crippen molar-refractivity contribution in [3.63, 3.8) is 0 Å². The molecule has 2 aromatic heterocycles. The first-order chi connectivity index (χ1) is 8.24. The molecule has 1 aromatic carbocycles. The maximum Gasteiger partial charge on any atom is 0.113 e. The molecule has 86 valence electrons. The van der Waals surface area contributed by atoms with Crippen LogP contribution in [0.2, 0.25) is 0 Å². The Morgan fingerprint density at radius 3 is 2.82 bits per heavy atom. The Morgan fingerprint density at radius 1 is 1.24 bits per heavy atom. The van der Waals surface area contributed by atoms with E-state index in [-0.39, 0.29) is 0 Å². The molecule has 0 atom stereocenters. The zero-order valence-electron chi connectivity index (χ0n) is 9.84. The summed E-state index contributed by atoms with van der Waals surface area (Å²) < 4.78 is 2.15. The molecular weight excluding hydrogens is 230 g/mol.